The Morgan fingerprint density at radius 3 is 2.36 bits per heavy atom. The van der Waals surface area contributed by atoms with E-state index < -0.39 is 20.0 Å². The van der Waals surface area contributed by atoms with Gasteiger partial charge in [-0.3, -0.25) is 0 Å². The van der Waals surface area contributed by atoms with Crippen LogP contribution in [-0.2, 0) is 20.0 Å². The smallest absolute Gasteiger partial charge is 0.212 e. The Morgan fingerprint density at radius 2 is 1.82 bits per heavy atom. The Kier molecular flexibility index (Phi) is 5.26. The summed E-state index contributed by atoms with van der Waals surface area (Å²) < 4.78 is 52.4. The highest BCUT2D eigenvalue weighted by Gasteiger charge is 2.29. The lowest BCUT2D eigenvalue weighted by atomic mass is 10.1. The van der Waals surface area contributed by atoms with E-state index in [1.807, 2.05) is 13.0 Å². The first-order valence-corrected chi connectivity index (χ1v) is 10.4. The van der Waals surface area contributed by atoms with E-state index >= 15 is 0 Å². The van der Waals surface area contributed by atoms with E-state index in [1.54, 1.807) is 25.1 Å². The van der Waals surface area contributed by atoms with Crippen LogP contribution in [0.25, 0.3) is 0 Å². The van der Waals surface area contributed by atoms with E-state index in [0.717, 1.165) is 5.56 Å². The molecule has 1 aromatic carbocycles. The second kappa shape index (κ2) is 6.66. The predicted octanol–water partition coefficient (Wildman–Crippen LogP) is 1.09. The molecule has 1 fully saturated rings. The van der Waals surface area contributed by atoms with Gasteiger partial charge in [0.15, 0.2) is 0 Å². The fraction of sp³-hybridized carbons (Fsp3) is 0.571. The topological polar surface area (TPSA) is 83.6 Å². The van der Waals surface area contributed by atoms with Crippen molar-refractivity contribution in [1.29, 1.82) is 0 Å². The molecule has 1 N–H and O–H groups in total. The van der Waals surface area contributed by atoms with Gasteiger partial charge in [0.2, 0.25) is 20.0 Å². The van der Waals surface area contributed by atoms with Gasteiger partial charge in [-0.25, -0.2) is 25.9 Å². The van der Waals surface area contributed by atoms with Crippen LogP contribution in [0.15, 0.2) is 29.2 Å². The van der Waals surface area contributed by atoms with Gasteiger partial charge in [-0.05, 0) is 44.4 Å². The van der Waals surface area contributed by atoms with Crippen molar-refractivity contribution in [3.8, 4) is 0 Å². The standard InChI is InChI=1S/C14H22N2O4S2/c1-3-21(17,18)16-9-7-13(8-10-16)15-22(19,20)14-6-4-5-12(2)11-14/h4-6,11,13,15H,3,7-10H2,1-2H3. The number of sulfonamides is 2. The normalized spacial score (nSPS) is 18.5. The highest BCUT2D eigenvalue weighted by atomic mass is 32.2. The van der Waals surface area contributed by atoms with Gasteiger partial charge in [0.1, 0.15) is 0 Å². The molecule has 0 unspecified atom stereocenters. The molecule has 0 aliphatic carbocycles. The second-order valence-corrected chi connectivity index (χ2v) is 9.48. The van der Waals surface area contributed by atoms with Gasteiger partial charge in [-0.2, -0.15) is 0 Å². The summed E-state index contributed by atoms with van der Waals surface area (Å²) in [6.07, 6.45) is 0.981. The monoisotopic (exact) mass is 346 g/mol. The van der Waals surface area contributed by atoms with Gasteiger partial charge in [0, 0.05) is 19.1 Å². The van der Waals surface area contributed by atoms with Gasteiger partial charge < -0.3 is 0 Å². The average Bonchev–Trinajstić information content (AvgIpc) is 2.47. The first-order valence-electron chi connectivity index (χ1n) is 7.31. The van der Waals surface area contributed by atoms with Crippen LogP contribution in [0.4, 0.5) is 0 Å². The summed E-state index contributed by atoms with van der Waals surface area (Å²) in [5.74, 6) is 0.0761. The molecule has 0 bridgehead atoms. The molecule has 1 aliphatic rings. The SMILES string of the molecule is CCS(=O)(=O)N1CCC(NS(=O)(=O)c2cccc(C)c2)CC1. The summed E-state index contributed by atoms with van der Waals surface area (Å²) in [6.45, 7) is 4.17. The van der Waals surface area contributed by atoms with Gasteiger partial charge >= 0.3 is 0 Å². The van der Waals surface area contributed by atoms with Crippen molar-refractivity contribution in [2.75, 3.05) is 18.8 Å². The number of nitrogens with one attached hydrogen (secondary N) is 1. The van der Waals surface area contributed by atoms with E-state index in [-0.39, 0.29) is 16.7 Å². The lowest BCUT2D eigenvalue weighted by Gasteiger charge is -2.31. The summed E-state index contributed by atoms with van der Waals surface area (Å²) >= 11 is 0. The Labute approximate surface area is 132 Å². The molecular weight excluding hydrogens is 324 g/mol. The van der Waals surface area contributed by atoms with E-state index in [4.69, 9.17) is 0 Å². The molecule has 1 aliphatic heterocycles. The van der Waals surface area contributed by atoms with Crippen LogP contribution in [0.3, 0.4) is 0 Å². The van der Waals surface area contributed by atoms with E-state index in [2.05, 4.69) is 4.72 Å². The van der Waals surface area contributed by atoms with E-state index in [1.165, 1.54) is 4.31 Å². The minimum absolute atomic E-state index is 0.0761. The molecule has 0 aromatic heterocycles. The zero-order chi connectivity index (χ0) is 16.4. The fourth-order valence-electron chi connectivity index (χ4n) is 2.50. The molecule has 0 spiro atoms. The minimum atomic E-state index is -3.56. The molecule has 124 valence electrons. The first-order chi connectivity index (χ1) is 10.2. The number of hydrogen-bond acceptors (Lipinski definition) is 4. The number of benzene rings is 1. The predicted molar refractivity (Wildman–Crippen MR) is 85.6 cm³/mol. The number of nitrogens with zero attached hydrogens (tertiary/aromatic N) is 1. The van der Waals surface area contributed by atoms with E-state index in [0.29, 0.717) is 25.9 Å². The summed E-state index contributed by atoms with van der Waals surface area (Å²) in [6, 6.07) is 6.51. The van der Waals surface area contributed by atoms with Gasteiger partial charge in [-0.1, -0.05) is 12.1 Å². The van der Waals surface area contributed by atoms with Crippen LogP contribution >= 0.6 is 0 Å². The van der Waals surface area contributed by atoms with Crippen LogP contribution in [0.2, 0.25) is 0 Å². The molecule has 1 aromatic rings. The molecule has 6 nitrogen and oxygen atoms in total. The Bertz CT molecular complexity index is 721. The average molecular weight is 346 g/mol. The summed E-state index contributed by atoms with van der Waals surface area (Å²) in [5.41, 5.74) is 0.881. The van der Waals surface area contributed by atoms with Crippen LogP contribution < -0.4 is 4.72 Å². The van der Waals surface area contributed by atoms with Crippen LogP contribution in [0.1, 0.15) is 25.3 Å². The number of piperidine rings is 1. The van der Waals surface area contributed by atoms with Crippen molar-refractivity contribution in [3.05, 3.63) is 29.8 Å². The highest BCUT2D eigenvalue weighted by molar-refractivity contribution is 7.89. The lowest BCUT2D eigenvalue weighted by Crippen LogP contribution is -2.46. The molecule has 8 heteroatoms. The number of hydrogen-bond donors (Lipinski definition) is 1. The molecule has 2 rings (SSSR count). The second-order valence-electron chi connectivity index (χ2n) is 5.51. The summed E-state index contributed by atoms with van der Waals surface area (Å²) in [7, 11) is -6.75. The van der Waals surface area contributed by atoms with Crippen molar-refractivity contribution < 1.29 is 16.8 Å². The third-order valence-corrected chi connectivity index (χ3v) is 7.23. The van der Waals surface area contributed by atoms with Crippen molar-refractivity contribution in [3.63, 3.8) is 0 Å². The van der Waals surface area contributed by atoms with Gasteiger partial charge in [0.05, 0.1) is 10.6 Å². The zero-order valence-corrected chi connectivity index (χ0v) is 14.5. The summed E-state index contributed by atoms with van der Waals surface area (Å²) in [5, 5.41) is 0. The Balaban J connectivity index is 2.01. The molecule has 22 heavy (non-hydrogen) atoms. The van der Waals surface area contributed by atoms with Gasteiger partial charge in [-0.15, -0.1) is 0 Å². The quantitative estimate of drug-likeness (QED) is 0.865. The van der Waals surface area contributed by atoms with Crippen molar-refractivity contribution in [2.45, 2.75) is 37.6 Å². The van der Waals surface area contributed by atoms with E-state index in [9.17, 15) is 16.8 Å². The molecule has 0 amide bonds. The number of rotatable bonds is 5. The fourth-order valence-corrected chi connectivity index (χ4v) is 5.05. The largest absolute Gasteiger partial charge is 0.240 e. The Hall–Kier alpha value is -0.960. The minimum Gasteiger partial charge on any atom is -0.212 e. The maximum atomic E-state index is 12.3. The van der Waals surface area contributed by atoms with Crippen molar-refractivity contribution in [2.24, 2.45) is 0 Å². The maximum absolute atomic E-state index is 12.3. The van der Waals surface area contributed by atoms with Crippen LogP contribution in [0, 0.1) is 6.92 Å². The molecule has 1 heterocycles. The molecular formula is C14H22N2O4S2. The lowest BCUT2D eigenvalue weighted by molar-refractivity contribution is 0.309. The molecule has 1 saturated heterocycles. The van der Waals surface area contributed by atoms with Crippen molar-refractivity contribution in [1.82, 2.24) is 9.03 Å². The van der Waals surface area contributed by atoms with Crippen LogP contribution in [0.5, 0.6) is 0 Å². The first kappa shape index (κ1) is 17.4. The van der Waals surface area contributed by atoms with Crippen LogP contribution in [-0.4, -0.2) is 46.0 Å². The third-order valence-electron chi connectivity index (χ3n) is 3.83. The summed E-state index contributed by atoms with van der Waals surface area (Å²) in [4.78, 5) is 0.246. The molecule has 0 radical (unpaired) electrons. The van der Waals surface area contributed by atoms with Crippen molar-refractivity contribution >= 4 is 20.0 Å². The number of aryl methyl sites for hydroxylation is 1. The molecule has 0 atom stereocenters. The third kappa shape index (κ3) is 4.07. The highest BCUT2D eigenvalue weighted by Crippen LogP contribution is 2.18. The molecule has 0 saturated carbocycles. The maximum Gasteiger partial charge on any atom is 0.240 e. The van der Waals surface area contributed by atoms with Gasteiger partial charge in [0.25, 0.3) is 0 Å². The zero-order valence-electron chi connectivity index (χ0n) is 12.8. The Morgan fingerprint density at radius 1 is 1.18 bits per heavy atom.